The van der Waals surface area contributed by atoms with Gasteiger partial charge in [-0.05, 0) is 103 Å². The number of carbonyl (C=O) groups is 4. The number of cyclic esters (lactones) is 1. The van der Waals surface area contributed by atoms with Gasteiger partial charge in [-0.25, -0.2) is 15.4 Å². The van der Waals surface area contributed by atoms with Gasteiger partial charge in [0.25, 0.3) is 0 Å². The molecule has 0 aliphatic carbocycles. The third-order valence-electron chi connectivity index (χ3n) is 9.85. The van der Waals surface area contributed by atoms with Gasteiger partial charge in [-0.3, -0.25) is 19.2 Å². The number of benzene rings is 1. The number of nitrogens with zero attached hydrogens (tertiary/aromatic N) is 3. The molecule has 15 heteroatoms. The van der Waals surface area contributed by atoms with Gasteiger partial charge in [0.1, 0.15) is 16.9 Å². The highest BCUT2D eigenvalue weighted by Crippen LogP contribution is 2.36. The SMILES string of the molecule is C/C(=C\c1csc(C)n1)[C@@H]1C/C=C(/C=N/NC(=O)CCC(=O)Nc2ccc(SSc3ccccn3)cc2)CCC[C@H](C)[C@H](O)[C@@H](C)C(=O)C(C)(C)[C@@H](O)CC(=O)O1. The van der Waals surface area contributed by atoms with Crippen molar-refractivity contribution >= 4 is 74.5 Å². The highest BCUT2D eigenvalue weighted by atomic mass is 33.1. The number of allylic oxidation sites excluding steroid dienone is 1. The number of hydrogen-bond acceptors (Lipinski definition) is 13. The summed E-state index contributed by atoms with van der Waals surface area (Å²) in [4.78, 5) is 61.9. The van der Waals surface area contributed by atoms with E-state index >= 15 is 0 Å². The van der Waals surface area contributed by atoms with E-state index in [0.29, 0.717) is 24.9 Å². The number of anilines is 1. The number of aromatic nitrogens is 2. The van der Waals surface area contributed by atoms with E-state index in [-0.39, 0.29) is 36.9 Å². The molecule has 12 nitrogen and oxygen atoms in total. The van der Waals surface area contributed by atoms with Crippen molar-refractivity contribution in [2.45, 2.75) is 115 Å². The van der Waals surface area contributed by atoms with Crippen molar-refractivity contribution in [2.75, 3.05) is 5.32 Å². The van der Waals surface area contributed by atoms with Crippen molar-refractivity contribution in [1.29, 1.82) is 0 Å². The minimum Gasteiger partial charge on any atom is -0.457 e. The lowest BCUT2D eigenvalue weighted by atomic mass is 9.73. The average molecular weight is 836 g/mol. The molecule has 1 aliphatic rings. The molecule has 0 radical (unpaired) electrons. The number of thiazole rings is 1. The lowest BCUT2D eigenvalue weighted by Gasteiger charge is -2.34. The van der Waals surface area contributed by atoms with E-state index in [1.54, 1.807) is 60.7 Å². The van der Waals surface area contributed by atoms with Crippen molar-refractivity contribution < 1.29 is 34.1 Å². The molecule has 0 spiro atoms. The maximum atomic E-state index is 13.5. The van der Waals surface area contributed by atoms with Gasteiger partial charge in [0.15, 0.2) is 0 Å². The normalized spacial score (nSPS) is 23.7. The molecule has 2 amide bonds. The predicted octanol–water partition coefficient (Wildman–Crippen LogP) is 7.96. The van der Waals surface area contributed by atoms with Crippen molar-refractivity contribution in [3.63, 3.8) is 0 Å². The fourth-order valence-corrected chi connectivity index (χ4v) is 8.58. The van der Waals surface area contributed by atoms with E-state index in [2.05, 4.69) is 25.8 Å². The fourth-order valence-electron chi connectivity index (χ4n) is 6.17. The molecule has 5 atom stereocenters. The van der Waals surface area contributed by atoms with E-state index in [4.69, 9.17) is 4.74 Å². The van der Waals surface area contributed by atoms with Gasteiger partial charge in [0, 0.05) is 47.3 Å². The maximum Gasteiger partial charge on any atom is 0.309 e. The van der Waals surface area contributed by atoms with E-state index < -0.39 is 47.9 Å². The number of aliphatic hydroxyl groups is 2. The summed E-state index contributed by atoms with van der Waals surface area (Å²) in [6.07, 6.45) is 5.54. The first kappa shape index (κ1) is 45.6. The molecule has 4 N–H and O–H groups in total. The lowest BCUT2D eigenvalue weighted by molar-refractivity contribution is -0.154. The Kier molecular flexibility index (Phi) is 17.7. The second-order valence-corrected chi connectivity index (χ2v) is 18.1. The van der Waals surface area contributed by atoms with Crippen LogP contribution in [0.5, 0.6) is 0 Å². The van der Waals surface area contributed by atoms with Crippen molar-refractivity contribution in [3.05, 3.63) is 82.0 Å². The molecule has 4 rings (SSSR count). The van der Waals surface area contributed by atoms with Crippen LogP contribution in [0, 0.1) is 24.2 Å². The minimum absolute atomic E-state index is 0.0414. The van der Waals surface area contributed by atoms with Gasteiger partial charge in [-0.15, -0.1) is 11.3 Å². The molecule has 3 heterocycles. The Bertz CT molecular complexity index is 1910. The zero-order chi connectivity index (χ0) is 41.5. The summed E-state index contributed by atoms with van der Waals surface area (Å²) in [5, 5.41) is 32.9. The number of rotatable bonds is 11. The molecule has 2 aromatic heterocycles. The largest absolute Gasteiger partial charge is 0.457 e. The number of pyridine rings is 1. The maximum absolute atomic E-state index is 13.5. The number of hydrazone groups is 1. The number of esters is 1. The van der Waals surface area contributed by atoms with Gasteiger partial charge < -0.3 is 20.3 Å². The molecule has 0 unspecified atom stereocenters. The molecular formula is C42H53N5O7S3. The Morgan fingerprint density at radius 3 is 2.49 bits per heavy atom. The van der Waals surface area contributed by atoms with Gasteiger partial charge >= 0.3 is 5.97 Å². The average Bonchev–Trinajstić information content (AvgIpc) is 3.60. The molecule has 57 heavy (non-hydrogen) atoms. The zero-order valence-electron chi connectivity index (χ0n) is 33.3. The van der Waals surface area contributed by atoms with Crippen LogP contribution in [-0.4, -0.2) is 68.3 Å². The van der Waals surface area contributed by atoms with Crippen LogP contribution in [-0.2, 0) is 23.9 Å². The predicted molar refractivity (Wildman–Crippen MR) is 228 cm³/mol. The summed E-state index contributed by atoms with van der Waals surface area (Å²) >= 11 is 1.50. The first-order valence-corrected chi connectivity index (χ1v) is 22.0. The van der Waals surface area contributed by atoms with E-state index in [1.807, 2.05) is 68.6 Å². The molecular weight excluding hydrogens is 783 g/mol. The van der Waals surface area contributed by atoms with Crippen LogP contribution < -0.4 is 10.7 Å². The standard InChI is InChI=1S/C42H53N5O7S3/c1-26-10-9-11-30(24-44-47-37(50)20-19-36(49)46-31-14-16-33(17-15-31)56-57-38-12-7-8-21-43-38)13-18-34(27(2)22-32-25-55-29(4)45-32)54-39(51)23-35(48)42(5,6)41(53)28(3)40(26)52/h7-8,12-17,21-22,24-26,28,34-35,40,48,52H,9-11,18-20,23H2,1-6H3,(H,46,49)(H,47,50)/b27-22+,30-13+,44-24+/t26-,28+,34-,35-,40-/m0/s1. The van der Waals surface area contributed by atoms with E-state index in [9.17, 15) is 29.4 Å². The molecule has 3 aromatic rings. The third-order valence-corrected chi connectivity index (χ3v) is 12.9. The number of nitrogens with one attached hydrogen (secondary N) is 2. The summed E-state index contributed by atoms with van der Waals surface area (Å²) in [5.74, 6) is -2.74. The fraction of sp³-hybridized carbons (Fsp3) is 0.452. The summed E-state index contributed by atoms with van der Waals surface area (Å²) in [6.45, 7) is 10.5. The van der Waals surface area contributed by atoms with Crippen molar-refractivity contribution in [3.8, 4) is 0 Å². The van der Waals surface area contributed by atoms with Gasteiger partial charge in [0.2, 0.25) is 11.8 Å². The third kappa shape index (κ3) is 14.6. The first-order valence-electron chi connectivity index (χ1n) is 19.0. The Hall–Kier alpha value is -4.15. The highest BCUT2D eigenvalue weighted by molar-refractivity contribution is 8.76. The van der Waals surface area contributed by atoms with E-state index in [0.717, 1.165) is 31.8 Å². The molecule has 0 bridgehead atoms. The molecule has 306 valence electrons. The molecule has 0 fully saturated rings. The van der Waals surface area contributed by atoms with Crippen LogP contribution in [0.25, 0.3) is 6.08 Å². The lowest BCUT2D eigenvalue weighted by Crippen LogP contribution is -2.45. The van der Waals surface area contributed by atoms with Crippen molar-refractivity contribution in [2.24, 2.45) is 22.4 Å². The Labute approximate surface area is 346 Å². The highest BCUT2D eigenvalue weighted by Gasteiger charge is 2.42. The quantitative estimate of drug-likeness (QED) is 0.0637. The summed E-state index contributed by atoms with van der Waals surface area (Å²) in [6, 6.07) is 13.2. The van der Waals surface area contributed by atoms with Crippen LogP contribution >= 0.6 is 32.9 Å². The van der Waals surface area contributed by atoms with Gasteiger partial charge in [0.05, 0.1) is 41.0 Å². The summed E-state index contributed by atoms with van der Waals surface area (Å²) < 4.78 is 5.92. The monoisotopic (exact) mass is 835 g/mol. The second-order valence-electron chi connectivity index (χ2n) is 14.8. The molecule has 0 saturated heterocycles. The van der Waals surface area contributed by atoms with Gasteiger partial charge in [-0.2, -0.15) is 5.10 Å². The number of Topliss-reactive ketones (excluding diaryl/α,β-unsaturated/α-hetero) is 1. The van der Waals surface area contributed by atoms with Gasteiger partial charge in [-0.1, -0.05) is 50.6 Å². The summed E-state index contributed by atoms with van der Waals surface area (Å²) in [5.41, 5.74) is 4.06. The Morgan fingerprint density at radius 1 is 1.07 bits per heavy atom. The zero-order valence-corrected chi connectivity index (χ0v) is 35.7. The topological polar surface area (TPSA) is 180 Å². The van der Waals surface area contributed by atoms with Crippen molar-refractivity contribution in [1.82, 2.24) is 15.4 Å². The molecule has 1 aliphatic heterocycles. The number of amides is 2. The van der Waals surface area contributed by atoms with Crippen LogP contribution in [0.2, 0.25) is 0 Å². The smallest absolute Gasteiger partial charge is 0.309 e. The Morgan fingerprint density at radius 2 is 1.81 bits per heavy atom. The number of aryl methyl sites for hydroxylation is 1. The number of hydrogen-bond donors (Lipinski definition) is 4. The minimum atomic E-state index is -1.33. The number of ketones is 1. The Balaban J connectivity index is 1.41. The first-order chi connectivity index (χ1) is 27.1. The molecule has 0 saturated carbocycles. The summed E-state index contributed by atoms with van der Waals surface area (Å²) in [7, 11) is 3.10. The number of ether oxygens (including phenoxy) is 1. The second kappa shape index (κ2) is 22.1. The number of aliphatic hydroxyl groups excluding tert-OH is 2. The number of carbonyl (C=O) groups excluding carboxylic acids is 4. The van der Waals surface area contributed by atoms with Crippen LogP contribution in [0.3, 0.4) is 0 Å². The van der Waals surface area contributed by atoms with Crippen LogP contribution in [0.1, 0.15) is 90.3 Å². The van der Waals surface area contributed by atoms with Crippen LogP contribution in [0.15, 0.2) is 86.3 Å². The van der Waals surface area contributed by atoms with Crippen LogP contribution in [0.4, 0.5) is 5.69 Å². The van der Waals surface area contributed by atoms with E-state index in [1.165, 1.54) is 17.6 Å². The molecule has 1 aromatic carbocycles.